The summed E-state index contributed by atoms with van der Waals surface area (Å²) in [5.41, 5.74) is 2.58. The molecule has 4 aliphatic rings. The Labute approximate surface area is 151 Å². The first-order valence-corrected chi connectivity index (χ1v) is 9.45. The van der Waals surface area contributed by atoms with E-state index in [1.54, 1.807) is 0 Å². The lowest BCUT2D eigenvalue weighted by Crippen LogP contribution is -2.59. The van der Waals surface area contributed by atoms with Gasteiger partial charge in [0.1, 0.15) is 11.4 Å². The lowest BCUT2D eigenvalue weighted by atomic mass is 9.74. The lowest BCUT2D eigenvalue weighted by Gasteiger charge is -2.49. The van der Waals surface area contributed by atoms with Crippen LogP contribution >= 0.6 is 11.3 Å². The highest BCUT2D eigenvalue weighted by Crippen LogP contribution is 2.43. The monoisotopic (exact) mass is 382 g/mol. The number of aliphatic imine (C=N–C) groups is 1. The summed E-state index contributed by atoms with van der Waals surface area (Å²) in [6.45, 7) is 3.15. The van der Waals surface area contributed by atoms with Crippen molar-refractivity contribution in [3.05, 3.63) is 23.8 Å². The minimum atomic E-state index is -4.35. The van der Waals surface area contributed by atoms with Gasteiger partial charge in [-0.1, -0.05) is 11.3 Å². The zero-order valence-corrected chi connectivity index (χ0v) is 14.7. The number of fused-ring (bicyclic) bond motifs is 3. The van der Waals surface area contributed by atoms with Crippen LogP contribution in [0.15, 0.2) is 23.2 Å². The number of nitrogens with zero attached hydrogens (tertiary/aromatic N) is 3. The molecule has 0 saturated carbocycles. The fourth-order valence-corrected chi connectivity index (χ4v) is 5.17. The molecule has 4 saturated heterocycles. The summed E-state index contributed by atoms with van der Waals surface area (Å²) in [5, 5.41) is 0.448. The topological polar surface area (TPSA) is 49.8 Å². The molecule has 4 fully saturated rings. The van der Waals surface area contributed by atoms with Crippen molar-refractivity contribution >= 4 is 32.5 Å². The molecule has 26 heavy (non-hydrogen) atoms. The van der Waals surface area contributed by atoms with Crippen molar-refractivity contribution in [3.8, 4) is 0 Å². The molecule has 5 nitrogen and oxygen atoms in total. The molecule has 1 aromatic heterocycles. The summed E-state index contributed by atoms with van der Waals surface area (Å²) >= 11 is 1.16. The molecular formula is C17H17F3N4OS. The summed E-state index contributed by atoms with van der Waals surface area (Å²) in [6.07, 6.45) is -1.39. The fraction of sp³-hybridized carbons (Fsp3) is 0.529. The molecular weight excluding hydrogens is 365 g/mol. The second kappa shape index (κ2) is 5.64. The average molecular weight is 382 g/mol. The Morgan fingerprint density at radius 2 is 2.12 bits per heavy atom. The van der Waals surface area contributed by atoms with Crippen LogP contribution in [0.1, 0.15) is 24.8 Å². The van der Waals surface area contributed by atoms with Crippen LogP contribution in [0.25, 0.3) is 10.2 Å². The standard InChI is InChI=1S/C17H17F3N4OS/c18-17(19,20)11-1-2-12-13(7-11)26-15(21-12)22-14-8-16(25-23-14)9-24-5-3-10(16)4-6-24/h1-2,7,10H,3-6,8-9H2,(H,21,22,23). The maximum Gasteiger partial charge on any atom is 0.416 e. The maximum atomic E-state index is 12.9. The van der Waals surface area contributed by atoms with E-state index in [0.29, 0.717) is 33.5 Å². The average Bonchev–Trinajstić information content (AvgIpc) is 3.18. The number of hydrogen-bond donors (Lipinski definition) is 1. The van der Waals surface area contributed by atoms with Crippen molar-refractivity contribution in [1.29, 1.82) is 0 Å². The van der Waals surface area contributed by atoms with Crippen LogP contribution in [0.3, 0.4) is 0 Å². The quantitative estimate of drug-likeness (QED) is 0.817. The van der Waals surface area contributed by atoms with E-state index in [1.165, 1.54) is 6.07 Å². The molecule has 1 aromatic carbocycles. The van der Waals surface area contributed by atoms with Crippen molar-refractivity contribution in [2.45, 2.75) is 31.0 Å². The number of thiazole rings is 1. The van der Waals surface area contributed by atoms with E-state index >= 15 is 0 Å². The van der Waals surface area contributed by atoms with Gasteiger partial charge in [0.15, 0.2) is 0 Å². The molecule has 1 atom stereocenters. The van der Waals surface area contributed by atoms with Crippen molar-refractivity contribution < 1.29 is 18.0 Å². The summed E-state index contributed by atoms with van der Waals surface area (Å²) < 4.78 is 39.0. The molecule has 1 spiro atoms. The molecule has 1 unspecified atom stereocenters. The van der Waals surface area contributed by atoms with Crippen LogP contribution < -0.4 is 5.48 Å². The first-order chi connectivity index (χ1) is 12.4. The Morgan fingerprint density at radius 1 is 1.31 bits per heavy atom. The van der Waals surface area contributed by atoms with Gasteiger partial charge < -0.3 is 4.90 Å². The number of hydrogen-bond acceptors (Lipinski definition) is 5. The fourth-order valence-electron chi connectivity index (χ4n) is 4.27. The second-order valence-electron chi connectivity index (χ2n) is 7.23. The minimum absolute atomic E-state index is 0.227. The van der Waals surface area contributed by atoms with Gasteiger partial charge >= 0.3 is 6.18 Å². The number of halogens is 3. The molecule has 0 amide bonds. The first-order valence-electron chi connectivity index (χ1n) is 8.63. The van der Waals surface area contributed by atoms with Gasteiger partial charge in [0.25, 0.3) is 0 Å². The van der Waals surface area contributed by atoms with Crippen LogP contribution in [0.4, 0.5) is 18.3 Å². The summed E-state index contributed by atoms with van der Waals surface area (Å²) in [5.74, 6) is 1.23. The SMILES string of the molecule is FC(F)(F)c1ccc2nc(/N=C3/CC4(CN5CCC4CC5)ON3)sc2c1. The Kier molecular flexibility index (Phi) is 3.57. The summed E-state index contributed by atoms with van der Waals surface area (Å²) in [4.78, 5) is 17.2. The lowest BCUT2D eigenvalue weighted by molar-refractivity contribution is -0.150. The van der Waals surface area contributed by atoms with E-state index < -0.39 is 11.7 Å². The number of hydroxylamine groups is 1. The third-order valence-electron chi connectivity index (χ3n) is 5.60. The zero-order chi connectivity index (χ0) is 17.9. The molecule has 0 radical (unpaired) electrons. The van der Waals surface area contributed by atoms with Gasteiger partial charge in [0.2, 0.25) is 5.13 Å². The zero-order valence-electron chi connectivity index (χ0n) is 13.8. The number of nitrogens with one attached hydrogen (secondary N) is 1. The van der Waals surface area contributed by atoms with Gasteiger partial charge in [0.05, 0.1) is 15.8 Å². The minimum Gasteiger partial charge on any atom is -0.300 e. The number of piperidine rings is 3. The number of rotatable bonds is 1. The van der Waals surface area contributed by atoms with Crippen LogP contribution in [-0.4, -0.2) is 41.0 Å². The molecule has 6 rings (SSSR count). The van der Waals surface area contributed by atoms with Gasteiger partial charge in [-0.3, -0.25) is 10.3 Å². The number of alkyl halides is 3. The Morgan fingerprint density at radius 3 is 2.81 bits per heavy atom. The Bertz CT molecular complexity index is 888. The molecule has 5 heterocycles. The van der Waals surface area contributed by atoms with Crippen LogP contribution in [0.2, 0.25) is 0 Å². The molecule has 9 heteroatoms. The predicted molar refractivity (Wildman–Crippen MR) is 92.4 cm³/mol. The van der Waals surface area contributed by atoms with E-state index in [2.05, 4.69) is 20.4 Å². The summed E-state index contributed by atoms with van der Waals surface area (Å²) in [6, 6.07) is 3.58. The number of benzene rings is 1. The van der Waals surface area contributed by atoms with Gasteiger partial charge in [0, 0.05) is 13.0 Å². The maximum absolute atomic E-state index is 12.9. The Hall–Kier alpha value is -1.71. The number of amidine groups is 1. The normalized spacial score (nSPS) is 32.7. The second-order valence-corrected chi connectivity index (χ2v) is 8.24. The predicted octanol–water partition coefficient (Wildman–Crippen LogP) is 3.73. The van der Waals surface area contributed by atoms with Crippen molar-refractivity contribution in [1.82, 2.24) is 15.4 Å². The van der Waals surface area contributed by atoms with E-state index in [0.717, 1.165) is 55.9 Å². The molecule has 138 valence electrons. The van der Waals surface area contributed by atoms with Crippen molar-refractivity contribution in [3.63, 3.8) is 0 Å². The largest absolute Gasteiger partial charge is 0.416 e. The van der Waals surface area contributed by atoms with Crippen molar-refractivity contribution in [2.24, 2.45) is 10.9 Å². The first kappa shape index (κ1) is 16.5. The van der Waals surface area contributed by atoms with Gasteiger partial charge in [-0.15, -0.1) is 0 Å². The van der Waals surface area contributed by atoms with E-state index in [4.69, 9.17) is 4.84 Å². The molecule has 2 aromatic rings. The van der Waals surface area contributed by atoms with Gasteiger partial charge in [-0.05, 0) is 50.0 Å². The van der Waals surface area contributed by atoms with Gasteiger partial charge in [-0.25, -0.2) is 9.98 Å². The van der Waals surface area contributed by atoms with E-state index in [1.807, 2.05) is 0 Å². The van der Waals surface area contributed by atoms with E-state index in [9.17, 15) is 13.2 Å². The van der Waals surface area contributed by atoms with Crippen molar-refractivity contribution in [2.75, 3.05) is 19.6 Å². The molecule has 2 bridgehead atoms. The number of aromatic nitrogens is 1. The van der Waals surface area contributed by atoms with Crippen LogP contribution in [0.5, 0.6) is 0 Å². The summed E-state index contributed by atoms with van der Waals surface area (Å²) in [7, 11) is 0. The highest BCUT2D eigenvalue weighted by Gasteiger charge is 2.52. The Balaban J connectivity index is 1.41. The van der Waals surface area contributed by atoms with Crippen LogP contribution in [-0.2, 0) is 11.0 Å². The molecule has 4 aliphatic heterocycles. The smallest absolute Gasteiger partial charge is 0.300 e. The van der Waals surface area contributed by atoms with Crippen LogP contribution in [0, 0.1) is 5.92 Å². The highest BCUT2D eigenvalue weighted by atomic mass is 32.1. The highest BCUT2D eigenvalue weighted by molar-refractivity contribution is 7.22. The molecule has 0 aliphatic carbocycles. The van der Waals surface area contributed by atoms with E-state index in [-0.39, 0.29) is 5.60 Å². The molecule has 1 N–H and O–H groups in total. The third kappa shape index (κ3) is 2.69. The third-order valence-corrected chi connectivity index (χ3v) is 6.51. The van der Waals surface area contributed by atoms with Gasteiger partial charge in [-0.2, -0.15) is 13.2 Å².